The first-order valence-corrected chi connectivity index (χ1v) is 6.55. The van der Waals surface area contributed by atoms with Crippen LogP contribution in [0.5, 0.6) is 5.75 Å². The Bertz CT molecular complexity index is 657. The molecule has 0 fully saturated rings. The van der Waals surface area contributed by atoms with Crippen LogP contribution >= 0.6 is 0 Å². The van der Waals surface area contributed by atoms with Gasteiger partial charge in [-0.15, -0.1) is 0 Å². The van der Waals surface area contributed by atoms with Crippen LogP contribution in [-0.4, -0.2) is 23.1 Å². The van der Waals surface area contributed by atoms with Crippen LogP contribution in [0.25, 0.3) is 10.9 Å². The Kier molecular flexibility index (Phi) is 4.08. The van der Waals surface area contributed by atoms with E-state index in [9.17, 15) is 9.59 Å². The number of aryl methyl sites for hydroxylation is 1. The van der Waals surface area contributed by atoms with Crippen molar-refractivity contribution >= 4 is 22.8 Å². The molecule has 2 aromatic rings. The monoisotopic (exact) mass is 275 g/mol. The lowest BCUT2D eigenvalue weighted by Crippen LogP contribution is -2.04. The zero-order valence-corrected chi connectivity index (χ0v) is 11.8. The normalized spacial score (nSPS) is 10.6. The van der Waals surface area contributed by atoms with Gasteiger partial charge in [0.15, 0.2) is 5.75 Å². The molecule has 0 saturated heterocycles. The molecule has 0 aliphatic heterocycles. The Morgan fingerprint density at radius 1 is 1.25 bits per heavy atom. The molecule has 0 aliphatic rings. The summed E-state index contributed by atoms with van der Waals surface area (Å²) in [5.41, 5.74) is 1.21. The van der Waals surface area contributed by atoms with E-state index in [1.54, 1.807) is 25.3 Å². The topological polar surface area (TPSA) is 57.5 Å². The van der Waals surface area contributed by atoms with Gasteiger partial charge < -0.3 is 14.0 Å². The van der Waals surface area contributed by atoms with E-state index >= 15 is 0 Å². The average Bonchev–Trinajstić information content (AvgIpc) is 2.78. The van der Waals surface area contributed by atoms with Gasteiger partial charge in [0.25, 0.3) is 0 Å². The number of hydrogen-bond donors (Lipinski definition) is 0. The standard InChI is InChI=1S/C15H17NO4/c1-4-16-9-12(15(18)19-5-2)11-7-6-8-13(14(11)16)20-10(3)17/h6-9H,4-5H2,1-3H3. The van der Waals surface area contributed by atoms with Crippen LogP contribution in [0.4, 0.5) is 0 Å². The van der Waals surface area contributed by atoms with E-state index in [-0.39, 0.29) is 11.9 Å². The molecule has 0 atom stereocenters. The van der Waals surface area contributed by atoms with E-state index in [1.807, 2.05) is 17.6 Å². The van der Waals surface area contributed by atoms with Crippen molar-refractivity contribution in [3.63, 3.8) is 0 Å². The van der Waals surface area contributed by atoms with Gasteiger partial charge in [0.05, 0.1) is 17.7 Å². The molecule has 0 radical (unpaired) electrons. The number of ether oxygens (including phenoxy) is 2. The van der Waals surface area contributed by atoms with E-state index in [1.165, 1.54) is 6.92 Å². The highest BCUT2D eigenvalue weighted by Gasteiger charge is 2.18. The number of carbonyl (C=O) groups excluding carboxylic acids is 2. The molecule has 1 heterocycles. The number of nitrogens with zero attached hydrogens (tertiary/aromatic N) is 1. The zero-order chi connectivity index (χ0) is 14.7. The molecular formula is C15H17NO4. The van der Waals surface area contributed by atoms with Gasteiger partial charge in [-0.05, 0) is 19.9 Å². The number of hydrogen-bond acceptors (Lipinski definition) is 4. The van der Waals surface area contributed by atoms with Crippen LogP contribution < -0.4 is 4.74 Å². The SMILES string of the molecule is CCOC(=O)c1cn(CC)c2c(OC(C)=O)cccc12. The lowest BCUT2D eigenvalue weighted by molar-refractivity contribution is -0.131. The van der Waals surface area contributed by atoms with Crippen LogP contribution in [0.1, 0.15) is 31.1 Å². The van der Waals surface area contributed by atoms with Crippen molar-refractivity contribution in [2.75, 3.05) is 6.61 Å². The van der Waals surface area contributed by atoms with Crippen LogP contribution in [-0.2, 0) is 16.1 Å². The molecule has 0 saturated carbocycles. The number of aromatic nitrogens is 1. The second-order valence-electron chi connectivity index (χ2n) is 4.30. The molecule has 0 N–H and O–H groups in total. The van der Waals surface area contributed by atoms with Gasteiger partial charge in [0.1, 0.15) is 0 Å². The average molecular weight is 275 g/mol. The van der Waals surface area contributed by atoms with Gasteiger partial charge in [-0.1, -0.05) is 12.1 Å². The minimum Gasteiger partial charge on any atom is -0.462 e. The number of rotatable bonds is 4. The summed E-state index contributed by atoms with van der Waals surface area (Å²) < 4.78 is 12.1. The summed E-state index contributed by atoms with van der Waals surface area (Å²) in [5.74, 6) is -0.309. The second-order valence-corrected chi connectivity index (χ2v) is 4.30. The summed E-state index contributed by atoms with van der Waals surface area (Å²) in [5, 5.41) is 0.726. The summed E-state index contributed by atoms with van der Waals surface area (Å²) in [6.07, 6.45) is 1.73. The van der Waals surface area contributed by atoms with Gasteiger partial charge >= 0.3 is 11.9 Å². The zero-order valence-electron chi connectivity index (χ0n) is 11.8. The smallest absolute Gasteiger partial charge is 0.340 e. The Morgan fingerprint density at radius 3 is 2.60 bits per heavy atom. The van der Waals surface area contributed by atoms with Crippen molar-refractivity contribution in [2.45, 2.75) is 27.3 Å². The number of carbonyl (C=O) groups is 2. The number of esters is 2. The molecule has 1 aromatic heterocycles. The molecule has 1 aromatic carbocycles. The molecular weight excluding hydrogens is 258 g/mol. The fraction of sp³-hybridized carbons (Fsp3) is 0.333. The Labute approximate surface area is 117 Å². The first-order chi connectivity index (χ1) is 9.58. The quantitative estimate of drug-likeness (QED) is 0.636. The van der Waals surface area contributed by atoms with E-state index in [0.717, 1.165) is 10.9 Å². The Balaban J connectivity index is 2.63. The lowest BCUT2D eigenvalue weighted by Gasteiger charge is -2.06. The highest BCUT2D eigenvalue weighted by molar-refractivity contribution is 6.06. The molecule has 0 unspecified atom stereocenters. The van der Waals surface area contributed by atoms with E-state index in [2.05, 4.69) is 0 Å². The van der Waals surface area contributed by atoms with Crippen molar-refractivity contribution in [1.29, 1.82) is 0 Å². The first kappa shape index (κ1) is 14.1. The second kappa shape index (κ2) is 5.77. The molecule has 5 nitrogen and oxygen atoms in total. The summed E-state index contributed by atoms with van der Waals surface area (Å²) in [4.78, 5) is 23.2. The van der Waals surface area contributed by atoms with Crippen molar-refractivity contribution in [3.05, 3.63) is 30.0 Å². The van der Waals surface area contributed by atoms with Crippen LogP contribution in [0.15, 0.2) is 24.4 Å². The van der Waals surface area contributed by atoms with Crippen molar-refractivity contribution in [2.24, 2.45) is 0 Å². The molecule has 0 amide bonds. The maximum Gasteiger partial charge on any atom is 0.340 e. The highest BCUT2D eigenvalue weighted by atomic mass is 16.5. The molecule has 2 rings (SSSR count). The maximum absolute atomic E-state index is 12.0. The number of benzene rings is 1. The third kappa shape index (κ3) is 2.52. The summed E-state index contributed by atoms with van der Waals surface area (Å²) in [6.45, 7) is 6.06. The fourth-order valence-electron chi connectivity index (χ4n) is 2.18. The highest BCUT2D eigenvalue weighted by Crippen LogP contribution is 2.30. The van der Waals surface area contributed by atoms with Gasteiger partial charge in [-0.2, -0.15) is 0 Å². The molecule has 0 bridgehead atoms. The van der Waals surface area contributed by atoms with Gasteiger partial charge in [0, 0.05) is 25.1 Å². The van der Waals surface area contributed by atoms with Crippen LogP contribution in [0, 0.1) is 0 Å². The van der Waals surface area contributed by atoms with Gasteiger partial charge in [0.2, 0.25) is 0 Å². The molecule has 106 valence electrons. The minimum absolute atomic E-state index is 0.321. The van der Waals surface area contributed by atoms with Gasteiger partial charge in [-0.3, -0.25) is 4.79 Å². The predicted octanol–water partition coefficient (Wildman–Crippen LogP) is 2.76. The maximum atomic E-state index is 12.0. The summed E-state index contributed by atoms with van der Waals surface area (Å²) in [6, 6.07) is 5.29. The Morgan fingerprint density at radius 2 is 2.00 bits per heavy atom. The third-order valence-electron chi connectivity index (χ3n) is 2.95. The largest absolute Gasteiger partial charge is 0.462 e. The fourth-order valence-corrected chi connectivity index (χ4v) is 2.18. The van der Waals surface area contributed by atoms with Crippen molar-refractivity contribution < 1.29 is 19.1 Å². The summed E-state index contributed by atoms with van der Waals surface area (Å²) >= 11 is 0. The number of fused-ring (bicyclic) bond motifs is 1. The molecule has 20 heavy (non-hydrogen) atoms. The van der Waals surface area contributed by atoms with Crippen LogP contribution in [0.2, 0.25) is 0 Å². The lowest BCUT2D eigenvalue weighted by atomic mass is 10.1. The van der Waals surface area contributed by atoms with Gasteiger partial charge in [-0.25, -0.2) is 4.79 Å². The van der Waals surface area contributed by atoms with E-state index in [0.29, 0.717) is 24.5 Å². The molecule has 0 aliphatic carbocycles. The van der Waals surface area contributed by atoms with Crippen LogP contribution in [0.3, 0.4) is 0 Å². The number of para-hydroxylation sites is 1. The summed E-state index contributed by atoms with van der Waals surface area (Å²) in [7, 11) is 0. The molecule has 0 spiro atoms. The molecule has 5 heteroatoms. The van der Waals surface area contributed by atoms with Crippen molar-refractivity contribution in [1.82, 2.24) is 4.57 Å². The van der Waals surface area contributed by atoms with E-state index in [4.69, 9.17) is 9.47 Å². The minimum atomic E-state index is -0.390. The van der Waals surface area contributed by atoms with E-state index < -0.39 is 0 Å². The first-order valence-electron chi connectivity index (χ1n) is 6.55. The third-order valence-corrected chi connectivity index (χ3v) is 2.95. The van der Waals surface area contributed by atoms with Crippen molar-refractivity contribution in [3.8, 4) is 5.75 Å². The Hall–Kier alpha value is -2.30. The predicted molar refractivity (Wildman–Crippen MR) is 74.9 cm³/mol.